The number of amides is 2. The number of rotatable bonds is 3. The van der Waals surface area contributed by atoms with Crippen molar-refractivity contribution in [1.82, 2.24) is 14.8 Å². The number of anilines is 1. The van der Waals surface area contributed by atoms with E-state index in [1.807, 2.05) is 18.7 Å². The van der Waals surface area contributed by atoms with Crippen LogP contribution in [-0.4, -0.2) is 71.0 Å². The van der Waals surface area contributed by atoms with Gasteiger partial charge in [0.2, 0.25) is 0 Å². The van der Waals surface area contributed by atoms with Gasteiger partial charge < -0.3 is 19.9 Å². The van der Waals surface area contributed by atoms with Crippen molar-refractivity contribution in [3.05, 3.63) is 52.1 Å². The number of nitrogens with one attached hydrogen (secondary N) is 2. The molecular weight excluding hydrogens is 423 g/mol. The van der Waals surface area contributed by atoms with Crippen molar-refractivity contribution in [3.63, 3.8) is 0 Å². The fraction of sp³-hybridized carbons (Fsp3) is 0.440. The smallest absolute Gasteiger partial charge is 0.256 e. The zero-order chi connectivity index (χ0) is 23.4. The number of carbonyl (C=O) groups excluding carboxylic acids is 2. The van der Waals surface area contributed by atoms with E-state index < -0.39 is 5.82 Å². The van der Waals surface area contributed by atoms with Gasteiger partial charge in [-0.25, -0.2) is 4.39 Å². The molecule has 174 valence electrons. The van der Waals surface area contributed by atoms with Crippen LogP contribution in [0.4, 0.5) is 10.1 Å². The molecule has 2 amide bonds. The second kappa shape index (κ2) is 8.11. The summed E-state index contributed by atoms with van der Waals surface area (Å²) in [6.45, 7) is 11.1. The molecule has 0 aliphatic carbocycles. The van der Waals surface area contributed by atoms with E-state index in [-0.39, 0.29) is 24.0 Å². The van der Waals surface area contributed by atoms with Gasteiger partial charge in [-0.1, -0.05) is 0 Å². The number of carbonyl (C=O) groups is 2. The molecule has 2 aromatic rings. The highest BCUT2D eigenvalue weighted by atomic mass is 19.1. The number of benzene rings is 1. The van der Waals surface area contributed by atoms with Crippen LogP contribution in [0, 0.1) is 19.7 Å². The van der Waals surface area contributed by atoms with Gasteiger partial charge in [0, 0.05) is 54.9 Å². The summed E-state index contributed by atoms with van der Waals surface area (Å²) in [4.78, 5) is 33.3. The number of hydrogen-bond acceptors (Lipinski definition) is 4. The summed E-state index contributed by atoms with van der Waals surface area (Å²) in [5.74, 6) is -0.684. The molecule has 0 unspecified atom stereocenters. The summed E-state index contributed by atoms with van der Waals surface area (Å²) in [7, 11) is 0. The average Bonchev–Trinajstić information content (AvgIpc) is 3.15. The van der Waals surface area contributed by atoms with Crippen LogP contribution in [0.3, 0.4) is 0 Å². The quantitative estimate of drug-likeness (QED) is 0.702. The van der Waals surface area contributed by atoms with Gasteiger partial charge in [0.1, 0.15) is 5.82 Å². The first-order valence-corrected chi connectivity index (χ1v) is 11.4. The van der Waals surface area contributed by atoms with Gasteiger partial charge in [-0.2, -0.15) is 0 Å². The summed E-state index contributed by atoms with van der Waals surface area (Å²) < 4.78 is 19.6. The molecule has 0 saturated carbocycles. The third kappa shape index (κ3) is 3.87. The van der Waals surface area contributed by atoms with Crippen molar-refractivity contribution in [1.29, 1.82) is 0 Å². The van der Waals surface area contributed by atoms with Gasteiger partial charge in [-0.15, -0.1) is 0 Å². The summed E-state index contributed by atoms with van der Waals surface area (Å²) in [5.41, 5.74) is 4.38. The van der Waals surface area contributed by atoms with E-state index in [0.717, 1.165) is 24.3 Å². The Balaban J connectivity index is 1.34. The van der Waals surface area contributed by atoms with Crippen molar-refractivity contribution >= 4 is 29.2 Å². The normalized spacial score (nSPS) is 24.7. The van der Waals surface area contributed by atoms with E-state index in [4.69, 9.17) is 4.74 Å². The molecule has 7 nitrogen and oxygen atoms in total. The standard InChI is InChI=1S/C25H29FN4O3/c1-13-9-29(10-14(2)33-13)18-11-30(12-18)25(32)23-15(3)22(27-16(23)4)8-20-19-7-17(26)5-6-21(19)28-24(20)31/h5-8,13-14,18,27H,9-12H2,1-4H3,(H,28,31)/t13-,14+. The highest BCUT2D eigenvalue weighted by molar-refractivity contribution is 6.34. The number of H-pyrrole nitrogens is 1. The lowest BCUT2D eigenvalue weighted by atomic mass is 10.0. The van der Waals surface area contributed by atoms with Crippen LogP contribution in [-0.2, 0) is 9.53 Å². The second-order valence-corrected chi connectivity index (χ2v) is 9.44. The van der Waals surface area contributed by atoms with E-state index in [0.29, 0.717) is 47.2 Å². The maximum Gasteiger partial charge on any atom is 0.256 e. The second-order valence-electron chi connectivity index (χ2n) is 9.44. The van der Waals surface area contributed by atoms with Crippen LogP contribution in [0.5, 0.6) is 0 Å². The number of likely N-dealkylation sites (tertiary alicyclic amines) is 1. The van der Waals surface area contributed by atoms with Gasteiger partial charge >= 0.3 is 0 Å². The largest absolute Gasteiger partial charge is 0.373 e. The Morgan fingerprint density at radius 3 is 2.55 bits per heavy atom. The number of aromatic nitrogens is 1. The summed E-state index contributed by atoms with van der Waals surface area (Å²) >= 11 is 0. The molecule has 1 aromatic carbocycles. The van der Waals surface area contributed by atoms with Crippen LogP contribution >= 0.6 is 0 Å². The molecule has 3 aliphatic rings. The first kappa shape index (κ1) is 21.9. The molecule has 1 aromatic heterocycles. The minimum atomic E-state index is -0.400. The molecule has 2 saturated heterocycles. The molecular formula is C25H29FN4O3. The Morgan fingerprint density at radius 2 is 1.85 bits per heavy atom. The fourth-order valence-electron chi connectivity index (χ4n) is 5.21. The minimum absolute atomic E-state index is 0.00109. The third-order valence-electron chi connectivity index (χ3n) is 6.86. The van der Waals surface area contributed by atoms with Gasteiger partial charge in [0.15, 0.2) is 0 Å². The molecule has 0 radical (unpaired) electrons. The Morgan fingerprint density at radius 1 is 1.15 bits per heavy atom. The van der Waals surface area contributed by atoms with Gasteiger partial charge in [0.25, 0.3) is 11.8 Å². The van der Waals surface area contributed by atoms with E-state index in [9.17, 15) is 14.0 Å². The van der Waals surface area contributed by atoms with E-state index in [2.05, 4.69) is 29.0 Å². The highest BCUT2D eigenvalue weighted by Crippen LogP contribution is 2.35. The molecule has 4 heterocycles. The fourth-order valence-corrected chi connectivity index (χ4v) is 5.21. The zero-order valence-corrected chi connectivity index (χ0v) is 19.4. The first-order chi connectivity index (χ1) is 15.7. The molecule has 0 bridgehead atoms. The predicted octanol–water partition coefficient (Wildman–Crippen LogP) is 3.20. The van der Waals surface area contributed by atoms with Gasteiger partial charge in [0.05, 0.1) is 23.3 Å². The molecule has 3 aliphatic heterocycles. The molecule has 0 spiro atoms. The van der Waals surface area contributed by atoms with Crippen LogP contribution in [0.2, 0.25) is 0 Å². The Bertz CT molecular complexity index is 1150. The predicted molar refractivity (Wildman–Crippen MR) is 124 cm³/mol. The van der Waals surface area contributed by atoms with Crippen LogP contribution < -0.4 is 5.32 Å². The summed E-state index contributed by atoms with van der Waals surface area (Å²) in [5, 5.41) is 2.76. The monoisotopic (exact) mass is 452 g/mol. The van der Waals surface area contributed by atoms with Crippen molar-refractivity contribution in [2.24, 2.45) is 0 Å². The minimum Gasteiger partial charge on any atom is -0.373 e. The molecule has 2 N–H and O–H groups in total. The molecule has 2 atom stereocenters. The van der Waals surface area contributed by atoms with E-state index in [1.54, 1.807) is 12.1 Å². The highest BCUT2D eigenvalue weighted by Gasteiger charge is 2.39. The van der Waals surface area contributed by atoms with Crippen LogP contribution in [0.25, 0.3) is 11.6 Å². The first-order valence-electron chi connectivity index (χ1n) is 11.4. The number of aryl methyl sites for hydroxylation is 1. The topological polar surface area (TPSA) is 77.7 Å². The number of morpholine rings is 1. The van der Waals surface area contributed by atoms with Crippen molar-refractivity contribution in [2.75, 3.05) is 31.5 Å². The maximum atomic E-state index is 13.8. The number of halogens is 1. The van der Waals surface area contributed by atoms with Crippen LogP contribution in [0.1, 0.15) is 46.7 Å². The lowest BCUT2D eigenvalue weighted by Gasteiger charge is -2.48. The number of nitrogens with zero attached hydrogens (tertiary/aromatic N) is 2. The van der Waals surface area contributed by atoms with Crippen molar-refractivity contribution in [2.45, 2.75) is 45.9 Å². The summed E-state index contributed by atoms with van der Waals surface area (Å²) in [6.07, 6.45) is 2.11. The van der Waals surface area contributed by atoms with E-state index >= 15 is 0 Å². The van der Waals surface area contributed by atoms with Gasteiger partial charge in [-0.3, -0.25) is 14.5 Å². The number of aromatic amines is 1. The molecule has 5 rings (SSSR count). The van der Waals surface area contributed by atoms with Crippen molar-refractivity contribution in [3.8, 4) is 0 Å². The molecule has 2 fully saturated rings. The Kier molecular flexibility index (Phi) is 5.37. The number of ether oxygens (including phenoxy) is 1. The Hall–Kier alpha value is -2.97. The SMILES string of the molecule is Cc1[nH]c(C=C2C(=O)Nc3ccc(F)cc32)c(C)c1C(=O)N1CC(N2C[C@@H](C)O[C@@H](C)C2)C1. The Labute approximate surface area is 192 Å². The van der Waals surface area contributed by atoms with E-state index in [1.165, 1.54) is 12.1 Å². The van der Waals surface area contributed by atoms with Crippen LogP contribution in [0.15, 0.2) is 18.2 Å². The third-order valence-corrected chi connectivity index (χ3v) is 6.86. The molecule has 33 heavy (non-hydrogen) atoms. The van der Waals surface area contributed by atoms with Gasteiger partial charge in [-0.05, 0) is 57.5 Å². The maximum absolute atomic E-state index is 13.8. The number of fused-ring (bicyclic) bond motifs is 1. The zero-order valence-electron chi connectivity index (χ0n) is 19.4. The average molecular weight is 453 g/mol. The number of hydrogen-bond donors (Lipinski definition) is 2. The van der Waals surface area contributed by atoms with Crippen molar-refractivity contribution < 1.29 is 18.7 Å². The molecule has 8 heteroatoms. The lowest BCUT2D eigenvalue weighted by Crippen LogP contribution is -2.64. The lowest BCUT2D eigenvalue weighted by molar-refractivity contribution is -0.110. The summed E-state index contributed by atoms with van der Waals surface area (Å²) in [6, 6.07) is 4.59.